The van der Waals surface area contributed by atoms with Crippen LogP contribution in [0.15, 0.2) is 59.7 Å². The van der Waals surface area contributed by atoms with E-state index in [0.717, 1.165) is 11.3 Å². The van der Waals surface area contributed by atoms with Crippen molar-refractivity contribution in [1.82, 2.24) is 24.5 Å². The number of nitrogens with zero attached hydrogens (tertiary/aromatic N) is 5. The molecule has 1 amide bonds. The predicted molar refractivity (Wildman–Crippen MR) is 92.1 cm³/mol. The maximum atomic E-state index is 12.4. The van der Waals surface area contributed by atoms with Gasteiger partial charge in [-0.05, 0) is 6.07 Å². The number of likely N-dealkylation sites (tertiary alicyclic amines) is 1. The predicted octanol–water partition coefficient (Wildman–Crippen LogP) is 1.34. The Morgan fingerprint density at radius 1 is 1.12 bits per heavy atom. The second kappa shape index (κ2) is 6.01. The van der Waals surface area contributed by atoms with Gasteiger partial charge in [-0.2, -0.15) is 10.2 Å². The SMILES string of the molecule is Cn1cc(C(=O)N2CC(n3nc(-c4ccccc4)ccc3=O)C2)cn1. The third kappa shape index (κ3) is 2.84. The summed E-state index contributed by atoms with van der Waals surface area (Å²) in [6, 6.07) is 12.9. The van der Waals surface area contributed by atoms with Crippen molar-refractivity contribution in [3.8, 4) is 11.3 Å². The van der Waals surface area contributed by atoms with Gasteiger partial charge >= 0.3 is 0 Å². The molecule has 0 unspecified atom stereocenters. The van der Waals surface area contributed by atoms with Gasteiger partial charge in [-0.3, -0.25) is 14.3 Å². The van der Waals surface area contributed by atoms with E-state index < -0.39 is 0 Å². The van der Waals surface area contributed by atoms with Gasteiger partial charge in [0.2, 0.25) is 0 Å². The van der Waals surface area contributed by atoms with Gasteiger partial charge in [0.15, 0.2) is 0 Å². The average molecular weight is 335 g/mol. The third-order valence-electron chi connectivity index (χ3n) is 4.34. The van der Waals surface area contributed by atoms with Crippen molar-refractivity contribution in [3.63, 3.8) is 0 Å². The van der Waals surface area contributed by atoms with Crippen molar-refractivity contribution in [2.45, 2.75) is 6.04 Å². The molecule has 1 fully saturated rings. The molecule has 1 aliphatic heterocycles. The summed E-state index contributed by atoms with van der Waals surface area (Å²) in [5.74, 6) is -0.0726. The lowest BCUT2D eigenvalue weighted by Gasteiger charge is -2.39. The topological polar surface area (TPSA) is 73.0 Å². The highest BCUT2D eigenvalue weighted by molar-refractivity contribution is 5.94. The maximum absolute atomic E-state index is 12.4. The van der Waals surface area contributed by atoms with E-state index in [9.17, 15) is 9.59 Å². The van der Waals surface area contributed by atoms with Gasteiger partial charge in [0.05, 0.1) is 23.5 Å². The first-order valence-electron chi connectivity index (χ1n) is 8.05. The lowest BCUT2D eigenvalue weighted by atomic mass is 10.1. The highest BCUT2D eigenvalue weighted by Crippen LogP contribution is 2.22. The fraction of sp³-hybridized carbons (Fsp3) is 0.222. The number of carbonyl (C=O) groups excluding carboxylic acids is 1. The molecule has 0 aliphatic carbocycles. The van der Waals surface area contributed by atoms with Gasteiger partial charge in [-0.1, -0.05) is 30.3 Å². The third-order valence-corrected chi connectivity index (χ3v) is 4.34. The van der Waals surface area contributed by atoms with Gasteiger partial charge in [0.1, 0.15) is 0 Å². The number of aromatic nitrogens is 4. The number of rotatable bonds is 3. The first-order valence-corrected chi connectivity index (χ1v) is 8.05. The molecular weight excluding hydrogens is 318 g/mol. The summed E-state index contributed by atoms with van der Waals surface area (Å²) in [5, 5.41) is 8.50. The Bertz CT molecular complexity index is 970. The lowest BCUT2D eigenvalue weighted by molar-refractivity contribution is 0.0493. The minimum Gasteiger partial charge on any atom is -0.334 e. The highest BCUT2D eigenvalue weighted by Gasteiger charge is 2.34. The molecule has 1 aliphatic rings. The zero-order chi connectivity index (χ0) is 17.4. The van der Waals surface area contributed by atoms with E-state index in [2.05, 4.69) is 10.2 Å². The zero-order valence-corrected chi connectivity index (χ0v) is 13.7. The normalized spacial score (nSPS) is 14.4. The van der Waals surface area contributed by atoms with E-state index in [1.165, 1.54) is 10.7 Å². The fourth-order valence-corrected chi connectivity index (χ4v) is 2.94. The Kier molecular flexibility index (Phi) is 3.68. The molecular formula is C18H17N5O2. The molecule has 0 atom stereocenters. The summed E-state index contributed by atoms with van der Waals surface area (Å²) in [6.07, 6.45) is 3.24. The van der Waals surface area contributed by atoms with Crippen LogP contribution < -0.4 is 5.56 Å². The first kappa shape index (κ1) is 15.3. The number of aryl methyl sites for hydroxylation is 1. The van der Waals surface area contributed by atoms with Crippen LogP contribution in [0.1, 0.15) is 16.4 Å². The minimum atomic E-state index is -0.154. The van der Waals surface area contributed by atoms with Gasteiger partial charge < -0.3 is 4.90 Å². The fourth-order valence-electron chi connectivity index (χ4n) is 2.94. The monoisotopic (exact) mass is 335 g/mol. The molecule has 7 nitrogen and oxygen atoms in total. The van der Waals surface area contributed by atoms with Crippen LogP contribution in [0.2, 0.25) is 0 Å². The van der Waals surface area contributed by atoms with Gasteiger partial charge in [0, 0.05) is 38.0 Å². The van der Waals surface area contributed by atoms with E-state index in [1.807, 2.05) is 30.3 Å². The zero-order valence-electron chi connectivity index (χ0n) is 13.7. The van der Waals surface area contributed by atoms with Crippen molar-refractivity contribution in [1.29, 1.82) is 0 Å². The summed E-state index contributed by atoms with van der Waals surface area (Å²) >= 11 is 0. The molecule has 0 saturated carbocycles. The smallest absolute Gasteiger partial charge is 0.267 e. The first-order chi connectivity index (χ1) is 12.1. The largest absolute Gasteiger partial charge is 0.334 e. The van der Waals surface area contributed by atoms with E-state index >= 15 is 0 Å². The number of benzene rings is 1. The summed E-state index contributed by atoms with van der Waals surface area (Å²) in [4.78, 5) is 26.2. The Morgan fingerprint density at radius 3 is 2.56 bits per heavy atom. The number of carbonyl (C=O) groups is 1. The highest BCUT2D eigenvalue weighted by atomic mass is 16.2. The minimum absolute atomic E-state index is 0.0726. The number of hydrogen-bond acceptors (Lipinski definition) is 4. The molecule has 0 spiro atoms. The molecule has 1 aromatic carbocycles. The van der Waals surface area contributed by atoms with Crippen LogP contribution in [0.3, 0.4) is 0 Å². The molecule has 1 saturated heterocycles. The summed E-state index contributed by atoms with van der Waals surface area (Å²) in [6.45, 7) is 0.942. The quantitative estimate of drug-likeness (QED) is 0.724. The molecule has 2 aromatic heterocycles. The number of hydrogen-bond donors (Lipinski definition) is 0. The molecule has 0 radical (unpaired) electrons. The van der Waals surface area contributed by atoms with Crippen LogP contribution in [0.25, 0.3) is 11.3 Å². The molecule has 25 heavy (non-hydrogen) atoms. The van der Waals surface area contributed by atoms with Crippen molar-refractivity contribution < 1.29 is 4.79 Å². The molecule has 3 heterocycles. The van der Waals surface area contributed by atoms with Crippen LogP contribution in [-0.2, 0) is 7.05 Å². The maximum Gasteiger partial charge on any atom is 0.267 e. The average Bonchev–Trinajstić information content (AvgIpc) is 3.02. The lowest BCUT2D eigenvalue weighted by Crippen LogP contribution is -2.53. The van der Waals surface area contributed by atoms with Crippen molar-refractivity contribution >= 4 is 5.91 Å². The van der Waals surface area contributed by atoms with Crippen molar-refractivity contribution in [2.75, 3.05) is 13.1 Å². The van der Waals surface area contributed by atoms with Crippen LogP contribution >= 0.6 is 0 Å². The molecule has 0 N–H and O–H groups in total. The van der Waals surface area contributed by atoms with Gasteiger partial charge in [0.25, 0.3) is 11.5 Å². The molecule has 0 bridgehead atoms. The Balaban J connectivity index is 1.52. The Labute approximate surface area is 144 Å². The number of amides is 1. The van der Waals surface area contributed by atoms with Crippen LogP contribution in [0, 0.1) is 0 Å². The van der Waals surface area contributed by atoms with Crippen LogP contribution in [-0.4, -0.2) is 43.5 Å². The van der Waals surface area contributed by atoms with E-state index in [0.29, 0.717) is 18.7 Å². The van der Waals surface area contributed by atoms with Crippen LogP contribution in [0.4, 0.5) is 0 Å². The second-order valence-corrected chi connectivity index (χ2v) is 6.13. The molecule has 7 heteroatoms. The van der Waals surface area contributed by atoms with E-state index in [4.69, 9.17) is 0 Å². The van der Waals surface area contributed by atoms with Crippen LogP contribution in [0.5, 0.6) is 0 Å². The molecule has 4 rings (SSSR count). The summed E-state index contributed by atoms with van der Waals surface area (Å²) < 4.78 is 3.08. The van der Waals surface area contributed by atoms with E-state index in [1.54, 1.807) is 35.1 Å². The standard InChI is InChI=1S/C18H17N5O2/c1-21-10-14(9-19-21)18(25)22-11-15(12-22)23-17(24)8-7-16(20-23)13-5-3-2-4-6-13/h2-10,15H,11-12H2,1H3. The Morgan fingerprint density at radius 2 is 1.88 bits per heavy atom. The molecule has 126 valence electrons. The van der Waals surface area contributed by atoms with Crippen molar-refractivity contribution in [3.05, 3.63) is 70.8 Å². The van der Waals surface area contributed by atoms with E-state index in [-0.39, 0.29) is 17.5 Å². The second-order valence-electron chi connectivity index (χ2n) is 6.13. The Hall–Kier alpha value is -3.22. The van der Waals surface area contributed by atoms with Gasteiger partial charge in [-0.15, -0.1) is 0 Å². The van der Waals surface area contributed by atoms with Crippen molar-refractivity contribution in [2.24, 2.45) is 7.05 Å². The molecule has 3 aromatic rings. The summed E-state index contributed by atoms with van der Waals surface area (Å²) in [7, 11) is 1.77. The summed E-state index contributed by atoms with van der Waals surface area (Å²) in [5.41, 5.74) is 2.11. The van der Waals surface area contributed by atoms with Gasteiger partial charge in [-0.25, -0.2) is 4.68 Å².